The van der Waals surface area contributed by atoms with Gasteiger partial charge in [0, 0.05) is 5.57 Å². The van der Waals surface area contributed by atoms with E-state index in [2.05, 4.69) is 13.2 Å². The van der Waals surface area contributed by atoms with Gasteiger partial charge in [-0.2, -0.15) is 0 Å². The van der Waals surface area contributed by atoms with Crippen molar-refractivity contribution in [3.8, 4) is 0 Å². The highest BCUT2D eigenvalue weighted by molar-refractivity contribution is 5.85. The van der Waals surface area contributed by atoms with Gasteiger partial charge in [0.2, 0.25) is 0 Å². The molecule has 0 aliphatic carbocycles. The van der Waals surface area contributed by atoms with Crippen molar-refractivity contribution in [1.82, 2.24) is 0 Å². The summed E-state index contributed by atoms with van der Waals surface area (Å²) in [6.07, 6.45) is 3.42. The Bertz CT molecular complexity index is 196. The molecule has 1 atom stereocenters. The van der Waals surface area contributed by atoms with Crippen molar-refractivity contribution in [2.24, 2.45) is 0 Å². The van der Waals surface area contributed by atoms with Crippen molar-refractivity contribution in [2.75, 3.05) is 0 Å². The summed E-state index contributed by atoms with van der Waals surface area (Å²) in [7, 11) is 0. The average molecular weight is 184 g/mol. The second kappa shape index (κ2) is 6.29. The third-order valence-corrected chi connectivity index (χ3v) is 1.81. The molecule has 13 heavy (non-hydrogen) atoms. The normalized spacial score (nSPS) is 11.8. The topological polar surface area (TPSA) is 46.5 Å². The highest BCUT2D eigenvalue weighted by atomic mass is 16.5. The van der Waals surface area contributed by atoms with Crippen LogP contribution in [0.2, 0.25) is 0 Å². The van der Waals surface area contributed by atoms with Gasteiger partial charge in [0.1, 0.15) is 0 Å². The first-order valence-electron chi connectivity index (χ1n) is 4.29. The molecule has 0 fully saturated rings. The molecule has 1 unspecified atom stereocenters. The fraction of sp³-hybridized carbons (Fsp3) is 0.500. The summed E-state index contributed by atoms with van der Waals surface area (Å²) in [6.45, 7) is 8.87. The van der Waals surface area contributed by atoms with Crippen LogP contribution in [0, 0.1) is 0 Å². The third-order valence-electron chi connectivity index (χ3n) is 1.81. The quantitative estimate of drug-likeness (QED) is 0.488. The molecule has 0 aliphatic heterocycles. The lowest BCUT2D eigenvalue weighted by Gasteiger charge is -2.13. The number of hydrogen-bond acceptors (Lipinski definition) is 2. The largest absolute Gasteiger partial charge is 0.499 e. The number of rotatable bonds is 7. The zero-order chi connectivity index (χ0) is 10.3. The van der Waals surface area contributed by atoms with Crippen molar-refractivity contribution >= 4 is 5.97 Å². The van der Waals surface area contributed by atoms with Gasteiger partial charge < -0.3 is 9.84 Å². The molecule has 1 N–H and O–H groups in total. The molecule has 0 amide bonds. The van der Waals surface area contributed by atoms with Gasteiger partial charge in [-0.1, -0.05) is 20.1 Å². The van der Waals surface area contributed by atoms with Crippen LogP contribution in [0.1, 0.15) is 26.2 Å². The first-order valence-corrected chi connectivity index (χ1v) is 4.29. The van der Waals surface area contributed by atoms with E-state index >= 15 is 0 Å². The minimum atomic E-state index is -0.937. The van der Waals surface area contributed by atoms with Gasteiger partial charge in [0.25, 0.3) is 0 Å². The molecular formula is C10H16O3. The van der Waals surface area contributed by atoms with E-state index in [1.807, 2.05) is 6.92 Å². The number of hydrogen-bond donors (Lipinski definition) is 1. The Morgan fingerprint density at radius 3 is 2.69 bits per heavy atom. The molecule has 0 aromatic rings. The predicted octanol–water partition coefficient (Wildman–Crippen LogP) is 2.35. The van der Waals surface area contributed by atoms with Crippen LogP contribution in [0.25, 0.3) is 0 Å². The molecule has 0 spiro atoms. The Labute approximate surface area is 78.7 Å². The first kappa shape index (κ1) is 11.8. The van der Waals surface area contributed by atoms with E-state index < -0.39 is 5.97 Å². The second-order valence-electron chi connectivity index (χ2n) is 2.78. The summed E-state index contributed by atoms with van der Waals surface area (Å²) in [5, 5.41) is 8.54. The molecule has 0 rings (SSSR count). The van der Waals surface area contributed by atoms with E-state index in [1.165, 1.54) is 6.26 Å². The van der Waals surface area contributed by atoms with E-state index in [-0.39, 0.29) is 11.7 Å². The highest BCUT2D eigenvalue weighted by Gasteiger charge is 2.09. The number of aliphatic carboxylic acids is 1. The monoisotopic (exact) mass is 184 g/mol. The Balaban J connectivity index is 3.77. The maximum atomic E-state index is 10.4. The van der Waals surface area contributed by atoms with Gasteiger partial charge in [-0.15, -0.1) is 0 Å². The molecule has 0 aliphatic rings. The van der Waals surface area contributed by atoms with Crippen LogP contribution in [-0.2, 0) is 9.53 Å². The van der Waals surface area contributed by atoms with Crippen LogP contribution in [0.5, 0.6) is 0 Å². The number of carboxylic acid groups (broad SMARTS) is 1. The summed E-state index contributed by atoms with van der Waals surface area (Å²) in [5.74, 6) is -0.937. The number of carbonyl (C=O) groups is 1. The van der Waals surface area contributed by atoms with Gasteiger partial charge in [-0.3, -0.25) is 0 Å². The SMILES string of the molecule is C=COC(CC)CCC(=C)C(=O)O. The minimum Gasteiger partial charge on any atom is -0.499 e. The lowest BCUT2D eigenvalue weighted by molar-refractivity contribution is -0.132. The first-order chi connectivity index (χ1) is 6.11. The van der Waals surface area contributed by atoms with Gasteiger partial charge in [-0.05, 0) is 19.3 Å². The summed E-state index contributed by atoms with van der Waals surface area (Å²) in [5.41, 5.74) is 0.228. The van der Waals surface area contributed by atoms with E-state index in [4.69, 9.17) is 9.84 Å². The van der Waals surface area contributed by atoms with Crippen molar-refractivity contribution in [3.63, 3.8) is 0 Å². The Kier molecular flexibility index (Phi) is 5.68. The van der Waals surface area contributed by atoms with Gasteiger partial charge in [-0.25, -0.2) is 4.79 Å². The fourth-order valence-corrected chi connectivity index (χ4v) is 0.947. The molecule has 0 radical (unpaired) electrons. The summed E-state index contributed by atoms with van der Waals surface area (Å²) < 4.78 is 5.15. The zero-order valence-corrected chi connectivity index (χ0v) is 7.95. The van der Waals surface area contributed by atoms with Gasteiger partial charge >= 0.3 is 5.97 Å². The molecular weight excluding hydrogens is 168 g/mol. The summed E-state index contributed by atoms with van der Waals surface area (Å²) in [4.78, 5) is 10.4. The molecule has 3 nitrogen and oxygen atoms in total. The number of ether oxygens (including phenoxy) is 1. The lowest BCUT2D eigenvalue weighted by Crippen LogP contribution is -2.10. The smallest absolute Gasteiger partial charge is 0.330 e. The molecule has 0 heterocycles. The van der Waals surface area contributed by atoms with Crippen LogP contribution in [0.15, 0.2) is 25.0 Å². The van der Waals surface area contributed by atoms with E-state index in [0.717, 1.165) is 6.42 Å². The Morgan fingerprint density at radius 1 is 1.69 bits per heavy atom. The van der Waals surface area contributed by atoms with Crippen molar-refractivity contribution in [2.45, 2.75) is 32.3 Å². The maximum absolute atomic E-state index is 10.4. The molecule has 0 aromatic heterocycles. The van der Waals surface area contributed by atoms with E-state index in [0.29, 0.717) is 12.8 Å². The van der Waals surface area contributed by atoms with Crippen LogP contribution in [-0.4, -0.2) is 17.2 Å². The summed E-state index contributed by atoms with van der Waals surface area (Å²) >= 11 is 0. The molecule has 0 aromatic carbocycles. The highest BCUT2D eigenvalue weighted by Crippen LogP contribution is 2.11. The maximum Gasteiger partial charge on any atom is 0.330 e. The van der Waals surface area contributed by atoms with E-state index in [9.17, 15) is 4.79 Å². The van der Waals surface area contributed by atoms with Gasteiger partial charge in [0.15, 0.2) is 0 Å². The third kappa shape index (κ3) is 5.06. The summed E-state index contributed by atoms with van der Waals surface area (Å²) in [6, 6.07) is 0. The van der Waals surface area contributed by atoms with Crippen molar-refractivity contribution in [1.29, 1.82) is 0 Å². The minimum absolute atomic E-state index is 0.0496. The van der Waals surface area contributed by atoms with Crippen LogP contribution in [0.4, 0.5) is 0 Å². The molecule has 3 heteroatoms. The fourth-order valence-electron chi connectivity index (χ4n) is 0.947. The van der Waals surface area contributed by atoms with Crippen LogP contribution < -0.4 is 0 Å². The van der Waals surface area contributed by atoms with Crippen LogP contribution in [0.3, 0.4) is 0 Å². The molecule has 0 saturated heterocycles. The Hall–Kier alpha value is -1.25. The Morgan fingerprint density at radius 2 is 2.31 bits per heavy atom. The predicted molar refractivity (Wildman–Crippen MR) is 51.4 cm³/mol. The van der Waals surface area contributed by atoms with Crippen molar-refractivity contribution in [3.05, 3.63) is 25.0 Å². The van der Waals surface area contributed by atoms with Gasteiger partial charge in [0.05, 0.1) is 12.4 Å². The number of carboxylic acids is 1. The van der Waals surface area contributed by atoms with Crippen molar-refractivity contribution < 1.29 is 14.6 Å². The standard InChI is InChI=1S/C10H16O3/c1-4-9(13-5-2)7-6-8(3)10(11)12/h5,9H,2-4,6-7H2,1H3,(H,11,12). The molecule has 0 bridgehead atoms. The molecule has 0 saturated carbocycles. The zero-order valence-electron chi connectivity index (χ0n) is 7.95. The average Bonchev–Trinajstić information content (AvgIpc) is 2.11. The van der Waals surface area contributed by atoms with E-state index in [1.54, 1.807) is 0 Å². The lowest BCUT2D eigenvalue weighted by atomic mass is 10.1. The molecule has 74 valence electrons. The second-order valence-corrected chi connectivity index (χ2v) is 2.78. The van der Waals surface area contributed by atoms with Crippen LogP contribution >= 0.6 is 0 Å².